The summed E-state index contributed by atoms with van der Waals surface area (Å²) in [5.41, 5.74) is 8.38. The van der Waals surface area contributed by atoms with Crippen LogP contribution in [0.4, 0.5) is 0 Å². The molecule has 6 rings (SSSR count). The number of aromatic amines is 1. The van der Waals surface area contributed by atoms with E-state index < -0.39 is 23.8 Å². The second-order valence-electron chi connectivity index (χ2n) is 15.6. The lowest BCUT2D eigenvalue weighted by Gasteiger charge is -2.40. The zero-order valence-corrected chi connectivity index (χ0v) is 34.6. The summed E-state index contributed by atoms with van der Waals surface area (Å²) in [6.45, 7) is 5.83. The number of benzene rings is 3. The van der Waals surface area contributed by atoms with Crippen molar-refractivity contribution < 1.29 is 38.5 Å². The van der Waals surface area contributed by atoms with Crippen molar-refractivity contribution in [2.24, 2.45) is 23.5 Å². The number of nitrogens with two attached hydrogens (primary N) is 1. The molecule has 0 bridgehead atoms. The highest BCUT2D eigenvalue weighted by atomic mass is 35.5. The van der Waals surface area contributed by atoms with Crippen molar-refractivity contribution in [2.75, 3.05) is 53.0 Å². The fraction of sp³-hybridized carbons (Fsp3) is 0.455. The summed E-state index contributed by atoms with van der Waals surface area (Å²) in [6, 6.07) is 16.1. The molecule has 2 aliphatic heterocycles. The van der Waals surface area contributed by atoms with Crippen LogP contribution < -0.4 is 25.8 Å². The highest BCUT2D eigenvalue weighted by Gasteiger charge is 2.48. The Balaban J connectivity index is 1.22. The molecule has 2 saturated heterocycles. The molecule has 2 aliphatic rings. The summed E-state index contributed by atoms with van der Waals surface area (Å²) in [6.07, 6.45) is 4.21. The van der Waals surface area contributed by atoms with E-state index in [4.69, 9.17) is 31.5 Å². The molecular formula is C44H55ClN6O8. The van der Waals surface area contributed by atoms with Gasteiger partial charge in [-0.25, -0.2) is 0 Å². The number of methoxy groups -OCH3 is 1. The topological polar surface area (TPSA) is 189 Å². The van der Waals surface area contributed by atoms with Gasteiger partial charge in [0.2, 0.25) is 17.7 Å². The predicted octanol–water partition coefficient (Wildman–Crippen LogP) is 4.66. The molecule has 0 saturated carbocycles. The van der Waals surface area contributed by atoms with E-state index in [1.54, 1.807) is 64.5 Å². The number of nitrogens with one attached hydrogen (secondary N) is 3. The van der Waals surface area contributed by atoms with E-state index in [2.05, 4.69) is 15.6 Å². The van der Waals surface area contributed by atoms with Crippen LogP contribution in [-0.4, -0.2) is 109 Å². The Hall–Kier alpha value is -5.31. The monoisotopic (exact) mass is 830 g/mol. The number of phenolic OH excluding ortho intramolecular Hbond substituents is 1. The third-order valence-electron chi connectivity index (χ3n) is 11.0. The van der Waals surface area contributed by atoms with E-state index in [0.29, 0.717) is 53.8 Å². The number of likely N-dealkylation sites (tertiary alicyclic amines) is 2. The lowest BCUT2D eigenvalue weighted by Crippen LogP contribution is -2.57. The van der Waals surface area contributed by atoms with Crippen molar-refractivity contribution in [2.45, 2.75) is 58.3 Å². The molecule has 1 aromatic heterocycles. The number of unbranched alkanes of at least 4 members (excludes halogenated alkanes) is 2. The van der Waals surface area contributed by atoms with Gasteiger partial charge in [0.1, 0.15) is 11.8 Å². The number of phenols is 1. The number of ether oxygens (including phenoxy) is 3. The van der Waals surface area contributed by atoms with Gasteiger partial charge in [-0.3, -0.25) is 19.2 Å². The van der Waals surface area contributed by atoms with Gasteiger partial charge in [-0.15, -0.1) is 0 Å². The molecule has 4 atom stereocenters. The van der Waals surface area contributed by atoms with Gasteiger partial charge < -0.3 is 50.5 Å². The fourth-order valence-electron chi connectivity index (χ4n) is 8.02. The lowest BCUT2D eigenvalue weighted by molar-refractivity contribution is -0.140. The third kappa shape index (κ3) is 11.0. The SMILES string of the molecule is COc1cc(C(=O)N2CC3CN(C(=O)Cc4c[nH]c5cc(Cl)ccc45)CC(C(=O)N[C@@H](COCc4cccc(O)c4)C(=O)NCCCCCN)C3C2)ccc1OC(C)C. The molecule has 6 N–H and O–H groups in total. The number of aromatic nitrogens is 1. The van der Waals surface area contributed by atoms with Crippen molar-refractivity contribution >= 4 is 46.1 Å². The molecule has 3 unspecified atom stereocenters. The van der Waals surface area contributed by atoms with Gasteiger partial charge in [0, 0.05) is 60.4 Å². The zero-order chi connectivity index (χ0) is 42.1. The number of rotatable bonds is 18. The largest absolute Gasteiger partial charge is 0.508 e. The Labute approximate surface area is 349 Å². The summed E-state index contributed by atoms with van der Waals surface area (Å²) in [5, 5.41) is 17.3. The van der Waals surface area contributed by atoms with Gasteiger partial charge in [-0.2, -0.15) is 0 Å². The van der Waals surface area contributed by atoms with Crippen LogP contribution in [0.15, 0.2) is 66.9 Å². The smallest absolute Gasteiger partial charge is 0.254 e. The summed E-state index contributed by atoms with van der Waals surface area (Å²) in [5.74, 6) is -1.38. The maximum Gasteiger partial charge on any atom is 0.254 e. The molecule has 4 aromatic rings. The molecule has 0 radical (unpaired) electrons. The van der Waals surface area contributed by atoms with Crippen LogP contribution in [0.1, 0.15) is 54.6 Å². The van der Waals surface area contributed by atoms with Gasteiger partial charge in [-0.1, -0.05) is 36.2 Å². The van der Waals surface area contributed by atoms with Crippen LogP contribution in [0, 0.1) is 17.8 Å². The van der Waals surface area contributed by atoms with Crippen LogP contribution in [-0.2, 0) is 32.1 Å². The first-order valence-electron chi connectivity index (χ1n) is 20.2. The number of piperidine rings is 1. The number of fused-ring (bicyclic) bond motifs is 2. The quantitative estimate of drug-likeness (QED) is 0.0890. The Morgan fingerprint density at radius 3 is 2.54 bits per heavy atom. The Kier molecular flexibility index (Phi) is 14.7. The maximum atomic E-state index is 14.5. The average Bonchev–Trinajstić information content (AvgIpc) is 3.83. The number of amides is 4. The highest BCUT2D eigenvalue weighted by molar-refractivity contribution is 6.31. The first-order chi connectivity index (χ1) is 28.4. The van der Waals surface area contributed by atoms with Gasteiger partial charge in [0.05, 0.1) is 38.8 Å². The fourth-order valence-corrected chi connectivity index (χ4v) is 8.19. The van der Waals surface area contributed by atoms with E-state index in [9.17, 15) is 24.3 Å². The number of halogens is 1. The normalized spacial score (nSPS) is 18.1. The summed E-state index contributed by atoms with van der Waals surface area (Å²) in [4.78, 5) is 62.9. The number of carbonyl (C=O) groups is 4. The van der Waals surface area contributed by atoms with E-state index in [1.807, 2.05) is 26.0 Å². The van der Waals surface area contributed by atoms with Gasteiger partial charge in [-0.05, 0) is 98.7 Å². The number of hydrogen-bond donors (Lipinski definition) is 5. The number of hydrogen-bond acceptors (Lipinski definition) is 9. The molecule has 0 spiro atoms. The number of aromatic hydroxyl groups is 1. The molecule has 3 aromatic carbocycles. The summed E-state index contributed by atoms with van der Waals surface area (Å²) >= 11 is 6.21. The third-order valence-corrected chi connectivity index (χ3v) is 11.2. The molecule has 316 valence electrons. The molecule has 14 nitrogen and oxygen atoms in total. The predicted molar refractivity (Wildman–Crippen MR) is 224 cm³/mol. The second kappa shape index (κ2) is 20.1. The van der Waals surface area contributed by atoms with Crippen LogP contribution in [0.5, 0.6) is 17.2 Å². The standard InChI is InChI=1S/C44H55ClN6O8/c1-27(2)59-39-13-10-29(17-40(39)57-3)44(56)51-22-31-21-50(41(53)18-30-20-48-37-19-32(45)11-12-34(30)37)24-36(35(31)23-51)42(54)49-38(43(55)47-15-6-4-5-14-46)26-58-25-28-8-7-9-33(52)16-28/h7-13,16-17,19-20,27,31,35-36,38,48,52H,4-6,14-15,18,21-26,46H2,1-3H3,(H,47,55)(H,49,54)/t31?,35?,36?,38-/m0/s1. The average molecular weight is 831 g/mol. The molecule has 59 heavy (non-hydrogen) atoms. The van der Waals surface area contributed by atoms with Crippen LogP contribution >= 0.6 is 11.6 Å². The maximum absolute atomic E-state index is 14.5. The van der Waals surface area contributed by atoms with Crippen molar-refractivity contribution in [3.63, 3.8) is 0 Å². The minimum Gasteiger partial charge on any atom is -0.508 e. The Bertz CT molecular complexity index is 2110. The number of nitrogens with zero attached hydrogens (tertiary/aromatic N) is 2. The minimum absolute atomic E-state index is 0.0894. The number of carbonyl (C=O) groups excluding carboxylic acids is 4. The summed E-state index contributed by atoms with van der Waals surface area (Å²) in [7, 11) is 1.52. The molecule has 3 heterocycles. The Morgan fingerprint density at radius 1 is 0.966 bits per heavy atom. The van der Waals surface area contributed by atoms with Gasteiger partial charge in [0.25, 0.3) is 5.91 Å². The summed E-state index contributed by atoms with van der Waals surface area (Å²) < 4.78 is 17.3. The lowest BCUT2D eigenvalue weighted by atomic mass is 9.79. The van der Waals surface area contributed by atoms with E-state index in [-0.39, 0.29) is 68.2 Å². The van der Waals surface area contributed by atoms with Crippen LogP contribution in [0.25, 0.3) is 10.9 Å². The number of H-pyrrole nitrogens is 1. The first kappa shape index (κ1) is 43.3. The Morgan fingerprint density at radius 2 is 1.78 bits per heavy atom. The molecular weight excluding hydrogens is 776 g/mol. The molecule has 0 aliphatic carbocycles. The van der Waals surface area contributed by atoms with Crippen LogP contribution in [0.3, 0.4) is 0 Å². The second-order valence-corrected chi connectivity index (χ2v) is 16.1. The van der Waals surface area contributed by atoms with E-state index in [0.717, 1.165) is 35.7 Å². The van der Waals surface area contributed by atoms with Crippen molar-refractivity contribution in [3.05, 3.63) is 88.6 Å². The highest BCUT2D eigenvalue weighted by Crippen LogP contribution is 2.38. The van der Waals surface area contributed by atoms with Crippen molar-refractivity contribution in [1.82, 2.24) is 25.4 Å². The molecule has 2 fully saturated rings. The van der Waals surface area contributed by atoms with Crippen molar-refractivity contribution in [3.8, 4) is 17.2 Å². The first-order valence-corrected chi connectivity index (χ1v) is 20.6. The van der Waals surface area contributed by atoms with Crippen molar-refractivity contribution in [1.29, 1.82) is 0 Å². The molecule has 15 heteroatoms. The zero-order valence-electron chi connectivity index (χ0n) is 33.9. The van der Waals surface area contributed by atoms with Gasteiger partial charge >= 0.3 is 0 Å². The minimum atomic E-state index is -1.05. The van der Waals surface area contributed by atoms with E-state index >= 15 is 0 Å². The van der Waals surface area contributed by atoms with Gasteiger partial charge in [0.15, 0.2) is 11.5 Å². The van der Waals surface area contributed by atoms with Crippen LogP contribution in [0.2, 0.25) is 5.02 Å². The van der Waals surface area contributed by atoms with E-state index in [1.165, 1.54) is 7.11 Å². The molecule has 4 amide bonds.